The number of likely N-dealkylation sites (N-methyl/N-ethyl adjacent to an activating group) is 1. The topological polar surface area (TPSA) is 146 Å². The van der Waals surface area contributed by atoms with Gasteiger partial charge in [-0.1, -0.05) is 86.6 Å². The summed E-state index contributed by atoms with van der Waals surface area (Å²) in [6.45, 7) is 4.22. The molecule has 0 spiro atoms. The van der Waals surface area contributed by atoms with Gasteiger partial charge in [0.05, 0.1) is 18.2 Å². The number of carbonyl (C=O) groups is 5. The van der Waals surface area contributed by atoms with Gasteiger partial charge in [-0.3, -0.25) is 24.0 Å². The third-order valence-corrected chi connectivity index (χ3v) is 7.97. The Morgan fingerprint density at radius 1 is 0.875 bits per heavy atom. The van der Waals surface area contributed by atoms with Crippen LogP contribution in [0.1, 0.15) is 60.6 Å². The van der Waals surface area contributed by atoms with Gasteiger partial charge in [0.1, 0.15) is 24.4 Å². The summed E-state index contributed by atoms with van der Waals surface area (Å²) in [6.07, 6.45) is 0.994. The van der Waals surface area contributed by atoms with Crippen LogP contribution in [0, 0.1) is 5.92 Å². The number of fused-ring (bicyclic) bond motifs is 1. The lowest BCUT2D eigenvalue weighted by molar-refractivity contribution is -0.138. The van der Waals surface area contributed by atoms with Crippen molar-refractivity contribution in [3.8, 4) is 5.75 Å². The molecule has 11 heteroatoms. The Bertz CT molecular complexity index is 1550. The van der Waals surface area contributed by atoms with Crippen LogP contribution in [0.4, 0.5) is 0 Å². The summed E-state index contributed by atoms with van der Waals surface area (Å²) in [5.41, 5.74) is 1.81. The Morgan fingerprint density at radius 3 is 2.25 bits per heavy atom. The van der Waals surface area contributed by atoms with E-state index in [2.05, 4.69) is 21.3 Å². The summed E-state index contributed by atoms with van der Waals surface area (Å²) < 4.78 is 6.09. The van der Waals surface area contributed by atoms with E-state index in [0.29, 0.717) is 24.9 Å². The summed E-state index contributed by atoms with van der Waals surface area (Å²) in [5.74, 6) is -1.82. The average molecular weight is 656 g/mol. The highest BCUT2D eigenvalue weighted by atomic mass is 16.5. The molecule has 0 radical (unpaired) electrons. The van der Waals surface area contributed by atoms with Gasteiger partial charge < -0.3 is 30.9 Å². The van der Waals surface area contributed by atoms with E-state index in [9.17, 15) is 24.0 Å². The van der Waals surface area contributed by atoms with Gasteiger partial charge in [-0.05, 0) is 48.4 Å². The van der Waals surface area contributed by atoms with E-state index in [0.717, 1.165) is 5.56 Å². The van der Waals surface area contributed by atoms with Crippen LogP contribution in [0.25, 0.3) is 0 Å². The van der Waals surface area contributed by atoms with Crippen LogP contribution in [0.3, 0.4) is 0 Å². The fraction of sp³-hybridized carbons (Fsp3) is 0.378. The van der Waals surface area contributed by atoms with Crippen molar-refractivity contribution in [1.82, 2.24) is 26.2 Å². The summed E-state index contributed by atoms with van der Waals surface area (Å²) in [5, 5.41) is 11.4. The normalized spacial score (nSPS) is 19.9. The Kier molecular flexibility index (Phi) is 13.1. The third kappa shape index (κ3) is 10.7. The predicted octanol–water partition coefficient (Wildman–Crippen LogP) is 3.16. The predicted molar refractivity (Wildman–Crippen MR) is 182 cm³/mol. The van der Waals surface area contributed by atoms with Crippen LogP contribution < -0.4 is 26.0 Å². The summed E-state index contributed by atoms with van der Waals surface area (Å²) in [7, 11) is 1.51. The molecule has 0 unspecified atom stereocenters. The highest BCUT2D eigenvalue weighted by Gasteiger charge is 2.29. The second-order valence-corrected chi connectivity index (χ2v) is 12.4. The van der Waals surface area contributed by atoms with E-state index in [1.54, 1.807) is 54.6 Å². The smallest absolute Gasteiger partial charge is 0.255 e. The maximum absolute atomic E-state index is 13.7. The minimum Gasteiger partial charge on any atom is -0.491 e. The molecule has 254 valence electrons. The zero-order valence-corrected chi connectivity index (χ0v) is 27.7. The van der Waals surface area contributed by atoms with E-state index in [4.69, 9.17) is 4.74 Å². The zero-order valence-electron chi connectivity index (χ0n) is 27.7. The first-order valence-corrected chi connectivity index (χ1v) is 16.3. The molecule has 1 aliphatic heterocycles. The number of hydrogen-bond acceptors (Lipinski definition) is 6. The third-order valence-electron chi connectivity index (χ3n) is 7.97. The van der Waals surface area contributed by atoms with Crippen molar-refractivity contribution in [3.05, 3.63) is 102 Å². The average Bonchev–Trinajstić information content (AvgIpc) is 3.07. The lowest BCUT2D eigenvalue weighted by Crippen LogP contribution is -2.49. The largest absolute Gasteiger partial charge is 0.491 e. The molecule has 1 aliphatic rings. The Morgan fingerprint density at radius 2 is 1.54 bits per heavy atom. The molecule has 3 atom stereocenters. The van der Waals surface area contributed by atoms with Crippen molar-refractivity contribution < 1.29 is 28.7 Å². The summed E-state index contributed by atoms with van der Waals surface area (Å²) >= 11 is 0. The number of hydrogen-bond donors (Lipinski definition) is 4. The molecule has 3 aromatic rings. The highest BCUT2D eigenvalue weighted by Crippen LogP contribution is 2.20. The van der Waals surface area contributed by atoms with Gasteiger partial charge in [-0.15, -0.1) is 0 Å². The van der Waals surface area contributed by atoms with Gasteiger partial charge in [-0.25, -0.2) is 0 Å². The SMILES string of the molecule is CC(C)C[C@H]1COc2ccccc2C(=O)N[C@H](C(=O)NCCc2ccccc2)CCC(=O)N[C@@H](c2ccccc2)C(=O)N(C)CC(=O)N1. The molecule has 0 aliphatic carbocycles. The maximum Gasteiger partial charge on any atom is 0.255 e. The fourth-order valence-corrected chi connectivity index (χ4v) is 5.54. The van der Waals surface area contributed by atoms with Crippen molar-refractivity contribution in [3.63, 3.8) is 0 Å². The molecule has 0 aromatic heterocycles. The lowest BCUT2D eigenvalue weighted by Gasteiger charge is -2.27. The van der Waals surface area contributed by atoms with Crippen LogP contribution >= 0.6 is 0 Å². The Balaban J connectivity index is 1.62. The first kappa shape index (κ1) is 35.7. The van der Waals surface area contributed by atoms with Gasteiger partial charge in [0, 0.05) is 20.0 Å². The number of rotatable bonds is 7. The molecule has 0 fully saturated rings. The molecule has 48 heavy (non-hydrogen) atoms. The van der Waals surface area contributed by atoms with Gasteiger partial charge >= 0.3 is 0 Å². The van der Waals surface area contributed by atoms with Crippen LogP contribution in [-0.4, -0.2) is 73.3 Å². The molecule has 3 aromatic carbocycles. The number of amides is 5. The van der Waals surface area contributed by atoms with Gasteiger partial charge in [0.2, 0.25) is 23.6 Å². The number of carbonyl (C=O) groups excluding carboxylic acids is 5. The summed E-state index contributed by atoms with van der Waals surface area (Å²) in [6, 6.07) is 22.6. The second-order valence-electron chi connectivity index (χ2n) is 12.4. The molecule has 1 heterocycles. The number of benzene rings is 3. The number of ether oxygens (including phenoxy) is 1. The molecule has 0 saturated heterocycles. The fourth-order valence-electron chi connectivity index (χ4n) is 5.54. The van der Waals surface area contributed by atoms with Crippen LogP contribution in [0.2, 0.25) is 0 Å². The molecule has 4 rings (SSSR count). The molecule has 0 saturated carbocycles. The Hall–Kier alpha value is -5.19. The van der Waals surface area contributed by atoms with Crippen LogP contribution in [0.5, 0.6) is 5.75 Å². The first-order chi connectivity index (χ1) is 23.1. The highest BCUT2D eigenvalue weighted by molar-refractivity contribution is 6.00. The molecule has 5 amide bonds. The Labute approximate surface area is 281 Å². The number of para-hydroxylation sites is 1. The maximum atomic E-state index is 13.7. The van der Waals surface area contributed by atoms with Gasteiger partial charge in [0.15, 0.2) is 0 Å². The van der Waals surface area contributed by atoms with Crippen molar-refractivity contribution in [1.29, 1.82) is 0 Å². The molecule has 11 nitrogen and oxygen atoms in total. The van der Waals surface area contributed by atoms with Crippen LogP contribution in [-0.2, 0) is 25.6 Å². The van der Waals surface area contributed by atoms with Crippen molar-refractivity contribution in [2.75, 3.05) is 26.7 Å². The van der Waals surface area contributed by atoms with Gasteiger partial charge in [0.25, 0.3) is 5.91 Å². The van der Waals surface area contributed by atoms with E-state index in [-0.39, 0.29) is 49.1 Å². The van der Waals surface area contributed by atoms with Crippen LogP contribution in [0.15, 0.2) is 84.9 Å². The minimum atomic E-state index is -1.07. The molecule has 4 N–H and O–H groups in total. The van der Waals surface area contributed by atoms with E-state index in [1.165, 1.54) is 11.9 Å². The van der Waals surface area contributed by atoms with E-state index < -0.39 is 41.8 Å². The second kappa shape index (κ2) is 17.7. The minimum absolute atomic E-state index is 0.0256. The molecule has 0 bridgehead atoms. The molecular weight excluding hydrogens is 610 g/mol. The molecular formula is C37H45N5O6. The standard InChI is InChI=1S/C37H45N5O6/c1-25(2)22-28-24-48-31-17-11-10-16-29(31)35(45)40-30(36(46)38-21-20-26-12-6-4-7-13-26)18-19-32(43)41-34(27-14-8-5-9-15-27)37(47)42(3)23-33(44)39-28/h4-17,25,28,30,34H,18-24H2,1-3H3,(H,38,46)(H,39,44)(H,40,45)(H,41,43)/t28-,30-,34-/m0/s1. The lowest BCUT2D eigenvalue weighted by atomic mass is 10.0. The number of nitrogens with one attached hydrogen (secondary N) is 4. The van der Waals surface area contributed by atoms with Crippen molar-refractivity contribution >= 4 is 29.5 Å². The van der Waals surface area contributed by atoms with Gasteiger partial charge in [-0.2, -0.15) is 0 Å². The van der Waals surface area contributed by atoms with E-state index in [1.807, 2.05) is 44.2 Å². The summed E-state index contributed by atoms with van der Waals surface area (Å²) in [4.78, 5) is 68.5. The first-order valence-electron chi connectivity index (χ1n) is 16.3. The van der Waals surface area contributed by atoms with E-state index >= 15 is 0 Å². The number of nitrogens with zero attached hydrogens (tertiary/aromatic N) is 1. The van der Waals surface area contributed by atoms with Crippen molar-refractivity contribution in [2.45, 2.75) is 57.7 Å². The monoisotopic (exact) mass is 655 g/mol. The quantitative estimate of drug-likeness (QED) is 0.308. The van der Waals surface area contributed by atoms with Crippen molar-refractivity contribution in [2.24, 2.45) is 5.92 Å². The zero-order chi connectivity index (χ0) is 34.5.